The first-order chi connectivity index (χ1) is 10.8. The molecule has 3 rings (SSSR count). The quantitative estimate of drug-likeness (QED) is 0.298. The molecular weight excluding hydrogens is 292 g/mol. The van der Waals surface area contributed by atoms with Crippen LogP contribution < -0.4 is 0 Å². The number of Topliss-reactive ketones (excluding diaryl/α,β-unsaturated/α-hetero) is 1. The van der Waals surface area contributed by atoms with Crippen LogP contribution in [0.3, 0.4) is 0 Å². The van der Waals surface area contributed by atoms with Crippen LogP contribution in [-0.4, -0.2) is 29.6 Å². The fraction of sp³-hybridized carbons (Fsp3) is 0.579. The highest BCUT2D eigenvalue weighted by molar-refractivity contribution is 5.95. The van der Waals surface area contributed by atoms with Gasteiger partial charge in [-0.05, 0) is 46.1 Å². The molecule has 2 fully saturated rings. The third kappa shape index (κ3) is 3.05. The van der Waals surface area contributed by atoms with E-state index in [1.807, 2.05) is 19.9 Å². The van der Waals surface area contributed by atoms with Gasteiger partial charge in [0.25, 0.3) is 0 Å². The lowest BCUT2D eigenvalue weighted by Crippen LogP contribution is -2.28. The molecule has 2 aliphatic heterocycles. The number of hydrogen-bond acceptors (Lipinski definition) is 4. The maximum atomic E-state index is 12.7. The number of epoxide rings is 1. The van der Waals surface area contributed by atoms with Crippen molar-refractivity contribution in [3.05, 3.63) is 35.5 Å². The number of carbonyl (C=O) groups is 2. The topological polar surface area (TPSA) is 55.9 Å². The van der Waals surface area contributed by atoms with Gasteiger partial charge in [-0.3, -0.25) is 4.79 Å². The Balaban J connectivity index is 1.89. The number of ketones is 1. The summed E-state index contributed by atoms with van der Waals surface area (Å²) in [5.41, 5.74) is 2.11. The Morgan fingerprint density at radius 3 is 2.70 bits per heavy atom. The molecule has 0 aromatic carbocycles. The molecule has 0 bridgehead atoms. The van der Waals surface area contributed by atoms with E-state index in [1.165, 1.54) is 11.1 Å². The van der Waals surface area contributed by atoms with Crippen molar-refractivity contribution >= 4 is 11.8 Å². The van der Waals surface area contributed by atoms with Gasteiger partial charge in [0.05, 0.1) is 6.10 Å². The van der Waals surface area contributed by atoms with Crippen molar-refractivity contribution in [1.29, 1.82) is 0 Å². The van der Waals surface area contributed by atoms with Crippen molar-refractivity contribution in [2.24, 2.45) is 5.92 Å². The molecule has 0 aromatic heterocycles. The Bertz CT molecular complexity index is 627. The molecular formula is C19H24O4. The lowest BCUT2D eigenvalue weighted by molar-refractivity contribution is -0.137. The van der Waals surface area contributed by atoms with Crippen molar-refractivity contribution in [3.8, 4) is 0 Å². The van der Waals surface area contributed by atoms with Gasteiger partial charge < -0.3 is 9.47 Å². The summed E-state index contributed by atoms with van der Waals surface area (Å²) in [4.78, 5) is 24.5. The summed E-state index contributed by atoms with van der Waals surface area (Å²) in [5, 5.41) is 0. The zero-order valence-corrected chi connectivity index (χ0v) is 14.1. The summed E-state index contributed by atoms with van der Waals surface area (Å²) in [5.74, 6) is -0.630. The Labute approximate surface area is 137 Å². The van der Waals surface area contributed by atoms with E-state index < -0.39 is 11.6 Å². The van der Waals surface area contributed by atoms with E-state index in [9.17, 15) is 9.59 Å². The van der Waals surface area contributed by atoms with Gasteiger partial charge in [-0.1, -0.05) is 23.8 Å². The highest BCUT2D eigenvalue weighted by Gasteiger charge is 2.58. The fourth-order valence-electron chi connectivity index (χ4n) is 3.45. The van der Waals surface area contributed by atoms with Gasteiger partial charge in [-0.25, -0.2) is 4.79 Å². The Morgan fingerprint density at radius 1 is 1.22 bits per heavy atom. The molecule has 4 heteroatoms. The molecule has 0 saturated carbocycles. The summed E-state index contributed by atoms with van der Waals surface area (Å²) < 4.78 is 11.1. The van der Waals surface area contributed by atoms with E-state index in [2.05, 4.69) is 19.6 Å². The largest absolute Gasteiger partial charge is 0.454 e. The number of fused-ring (bicyclic) bond motifs is 2. The molecule has 0 radical (unpaired) electrons. The SMILES string of the molecule is C=C1C(=O)O[C@H]2/C=C(\C)CC/C=C(\C)C[C@@H]3O[C@@]3(C)C(=O)C[C@@H]12. The third-order valence-electron chi connectivity index (χ3n) is 5.24. The number of ether oxygens (including phenoxy) is 2. The van der Waals surface area contributed by atoms with E-state index in [-0.39, 0.29) is 30.3 Å². The van der Waals surface area contributed by atoms with Crippen LogP contribution in [0, 0.1) is 5.92 Å². The van der Waals surface area contributed by atoms with Crippen LogP contribution >= 0.6 is 0 Å². The van der Waals surface area contributed by atoms with Crippen LogP contribution in [0.25, 0.3) is 0 Å². The van der Waals surface area contributed by atoms with Crippen molar-refractivity contribution in [2.45, 2.75) is 64.3 Å². The zero-order valence-electron chi connectivity index (χ0n) is 14.1. The first-order valence-electron chi connectivity index (χ1n) is 8.25. The molecule has 0 unspecified atom stereocenters. The van der Waals surface area contributed by atoms with E-state index in [0.29, 0.717) is 5.57 Å². The maximum absolute atomic E-state index is 12.7. The number of esters is 1. The Morgan fingerprint density at radius 2 is 1.96 bits per heavy atom. The molecule has 1 aliphatic carbocycles. The van der Waals surface area contributed by atoms with E-state index in [0.717, 1.165) is 19.3 Å². The second-order valence-corrected chi connectivity index (χ2v) is 7.15. The molecule has 23 heavy (non-hydrogen) atoms. The molecule has 2 saturated heterocycles. The van der Waals surface area contributed by atoms with Crippen molar-refractivity contribution < 1.29 is 19.1 Å². The highest BCUT2D eigenvalue weighted by Crippen LogP contribution is 2.44. The Hall–Kier alpha value is -1.68. The predicted molar refractivity (Wildman–Crippen MR) is 86.8 cm³/mol. The summed E-state index contributed by atoms with van der Waals surface area (Å²) in [6.07, 6.45) is 6.64. The van der Waals surface area contributed by atoms with E-state index >= 15 is 0 Å². The molecule has 4 nitrogen and oxygen atoms in total. The average molecular weight is 316 g/mol. The van der Waals surface area contributed by atoms with Crippen LogP contribution in [0.5, 0.6) is 0 Å². The molecule has 4 atom stereocenters. The number of hydrogen-bond donors (Lipinski definition) is 0. The molecule has 0 spiro atoms. The van der Waals surface area contributed by atoms with Gasteiger partial charge in [0.15, 0.2) is 11.4 Å². The number of allylic oxidation sites excluding steroid dienone is 2. The summed E-state index contributed by atoms with van der Waals surface area (Å²) >= 11 is 0. The lowest BCUT2D eigenvalue weighted by Gasteiger charge is -2.16. The second-order valence-electron chi connectivity index (χ2n) is 7.15. The minimum absolute atomic E-state index is 0.0371. The normalized spacial score (nSPS) is 42.7. The summed E-state index contributed by atoms with van der Waals surface area (Å²) in [6.45, 7) is 9.81. The van der Waals surface area contributed by atoms with Gasteiger partial charge >= 0.3 is 5.97 Å². The smallest absolute Gasteiger partial charge is 0.334 e. The van der Waals surface area contributed by atoms with Crippen molar-refractivity contribution in [3.63, 3.8) is 0 Å². The minimum Gasteiger partial charge on any atom is -0.454 e. The maximum Gasteiger partial charge on any atom is 0.334 e. The van der Waals surface area contributed by atoms with Gasteiger partial charge in [-0.15, -0.1) is 0 Å². The standard InChI is InChI=1S/C19H24O4/c1-11-6-5-7-12(2)9-17-19(4,23-17)16(20)10-14-13(3)18(21)22-15(14)8-11/h7-8,14-15,17H,3,5-6,9-10H2,1-2,4H3/b11-8+,12-7+/t14-,15-,17-,19-/m0/s1. The van der Waals surface area contributed by atoms with Crippen LogP contribution in [-0.2, 0) is 19.1 Å². The second kappa shape index (κ2) is 5.75. The van der Waals surface area contributed by atoms with Crippen molar-refractivity contribution in [1.82, 2.24) is 0 Å². The van der Waals surface area contributed by atoms with Crippen molar-refractivity contribution in [2.75, 3.05) is 0 Å². The van der Waals surface area contributed by atoms with Gasteiger partial charge in [-0.2, -0.15) is 0 Å². The van der Waals surface area contributed by atoms with E-state index in [1.54, 1.807) is 0 Å². The van der Waals surface area contributed by atoms with E-state index in [4.69, 9.17) is 9.47 Å². The van der Waals surface area contributed by atoms with Crippen LogP contribution in [0.1, 0.15) is 46.5 Å². The molecule has 0 amide bonds. The third-order valence-corrected chi connectivity index (χ3v) is 5.24. The van der Waals surface area contributed by atoms with Crippen LogP contribution in [0.2, 0.25) is 0 Å². The highest BCUT2D eigenvalue weighted by atomic mass is 16.6. The molecule has 0 aromatic rings. The number of carbonyl (C=O) groups excluding carboxylic acids is 2. The lowest BCUT2D eigenvalue weighted by atomic mass is 9.85. The monoisotopic (exact) mass is 316 g/mol. The minimum atomic E-state index is -0.724. The molecule has 3 aliphatic rings. The molecule has 0 N–H and O–H groups in total. The van der Waals surface area contributed by atoms with Gasteiger partial charge in [0, 0.05) is 17.9 Å². The zero-order chi connectivity index (χ0) is 16.8. The Kier molecular flexibility index (Phi) is 4.05. The van der Waals surface area contributed by atoms with Gasteiger partial charge in [0.1, 0.15) is 6.10 Å². The van der Waals surface area contributed by atoms with Crippen LogP contribution in [0.4, 0.5) is 0 Å². The first kappa shape index (κ1) is 16.2. The average Bonchev–Trinajstić information content (AvgIpc) is 3.05. The van der Waals surface area contributed by atoms with Gasteiger partial charge in [0.2, 0.25) is 0 Å². The number of rotatable bonds is 0. The first-order valence-corrected chi connectivity index (χ1v) is 8.25. The molecule has 2 heterocycles. The summed E-state index contributed by atoms with van der Waals surface area (Å²) in [7, 11) is 0. The fourth-order valence-corrected chi connectivity index (χ4v) is 3.45. The summed E-state index contributed by atoms with van der Waals surface area (Å²) in [6, 6.07) is 0. The predicted octanol–water partition coefficient (Wildman–Crippen LogP) is 3.28. The molecule has 124 valence electrons. The van der Waals surface area contributed by atoms with Crippen LogP contribution in [0.15, 0.2) is 35.5 Å².